The summed E-state index contributed by atoms with van der Waals surface area (Å²) in [6, 6.07) is 6.55. The van der Waals surface area contributed by atoms with Gasteiger partial charge in [-0.2, -0.15) is 4.31 Å². The van der Waals surface area contributed by atoms with Gasteiger partial charge in [-0.1, -0.05) is 36.3 Å². The molecule has 1 aromatic carbocycles. The fourth-order valence-corrected chi connectivity index (χ4v) is 5.76. The van der Waals surface area contributed by atoms with Crippen LogP contribution in [0.25, 0.3) is 0 Å². The number of benzene rings is 1. The van der Waals surface area contributed by atoms with Crippen LogP contribution in [0.3, 0.4) is 0 Å². The molecule has 1 spiro atoms. The van der Waals surface area contributed by atoms with E-state index < -0.39 is 15.8 Å². The zero-order valence-electron chi connectivity index (χ0n) is 16.7. The second-order valence-electron chi connectivity index (χ2n) is 7.71. The maximum absolute atomic E-state index is 13.4. The van der Waals surface area contributed by atoms with Crippen molar-refractivity contribution in [1.82, 2.24) is 4.31 Å². The lowest BCUT2D eigenvalue weighted by Crippen LogP contribution is -2.48. The van der Waals surface area contributed by atoms with Crippen LogP contribution in [0, 0.1) is 6.92 Å². The third-order valence-corrected chi connectivity index (χ3v) is 7.54. The van der Waals surface area contributed by atoms with Gasteiger partial charge in [0.15, 0.2) is 5.79 Å². The Bertz CT molecular complexity index is 781. The van der Waals surface area contributed by atoms with Gasteiger partial charge >= 0.3 is 0 Å². The predicted molar refractivity (Wildman–Crippen MR) is 111 cm³/mol. The maximum Gasteiger partial charge on any atom is 0.243 e. The molecule has 2 aliphatic rings. The molecule has 2 fully saturated rings. The van der Waals surface area contributed by atoms with Gasteiger partial charge in [0.1, 0.15) is 6.10 Å². The molecule has 0 aromatic heterocycles. The fraction of sp³-hybridized carbons (Fsp3) is 0.545. The topological polar surface area (TPSA) is 55.8 Å². The maximum atomic E-state index is 13.4. The van der Waals surface area contributed by atoms with E-state index in [0.29, 0.717) is 13.0 Å². The molecule has 154 valence electrons. The number of nitrogens with zero attached hydrogens (tertiary/aromatic N) is 1. The summed E-state index contributed by atoms with van der Waals surface area (Å²) in [5.41, 5.74) is 1.02. The Balaban J connectivity index is 1.89. The molecule has 6 heteroatoms. The first-order valence-corrected chi connectivity index (χ1v) is 11.5. The Hall–Kier alpha value is -1.47. The van der Waals surface area contributed by atoms with Crippen LogP contribution < -0.4 is 0 Å². The van der Waals surface area contributed by atoms with E-state index in [0.717, 1.165) is 31.2 Å². The Morgan fingerprint density at radius 1 is 1.18 bits per heavy atom. The minimum absolute atomic E-state index is 0.210. The van der Waals surface area contributed by atoms with Crippen molar-refractivity contribution in [2.24, 2.45) is 0 Å². The summed E-state index contributed by atoms with van der Waals surface area (Å²) >= 11 is 0. The Morgan fingerprint density at radius 2 is 1.86 bits per heavy atom. The van der Waals surface area contributed by atoms with E-state index in [4.69, 9.17) is 9.47 Å². The van der Waals surface area contributed by atoms with Crippen molar-refractivity contribution in [2.45, 2.75) is 68.3 Å². The van der Waals surface area contributed by atoms with Gasteiger partial charge < -0.3 is 9.47 Å². The lowest BCUT2D eigenvalue weighted by Gasteiger charge is -2.35. The Morgan fingerprint density at radius 3 is 2.46 bits per heavy atom. The van der Waals surface area contributed by atoms with E-state index in [9.17, 15) is 8.42 Å². The van der Waals surface area contributed by atoms with E-state index in [1.54, 1.807) is 24.3 Å². The summed E-state index contributed by atoms with van der Waals surface area (Å²) in [4.78, 5) is 0.278. The first-order valence-electron chi connectivity index (χ1n) is 10.0. The van der Waals surface area contributed by atoms with Crippen molar-refractivity contribution in [2.75, 3.05) is 13.2 Å². The average Bonchev–Trinajstić information content (AvgIpc) is 3.08. The highest BCUT2D eigenvalue weighted by atomic mass is 32.2. The largest absolute Gasteiger partial charge is 0.347 e. The standard InChI is InChI=1S/C22H31NO4S/c1-4-9-20(21-17-26-22(27-21)14-7-6-8-15-22)23(16-5-2)28(24,25)19-12-10-18(3)11-13-19/h4-5,10-13,20-21H,1-2,6-9,14-17H2,3H3/t20-,21+/m0/s1. The van der Waals surface area contributed by atoms with E-state index in [1.165, 1.54) is 10.7 Å². The number of hydrogen-bond donors (Lipinski definition) is 0. The molecule has 3 rings (SSSR count). The zero-order chi connectivity index (χ0) is 20.2. The van der Waals surface area contributed by atoms with Gasteiger partial charge in [-0.25, -0.2) is 8.42 Å². The summed E-state index contributed by atoms with van der Waals surface area (Å²) in [5.74, 6) is -0.546. The van der Waals surface area contributed by atoms with E-state index in [1.807, 2.05) is 19.1 Å². The molecule has 2 atom stereocenters. The van der Waals surface area contributed by atoms with Crippen molar-refractivity contribution in [3.63, 3.8) is 0 Å². The minimum atomic E-state index is -3.70. The van der Waals surface area contributed by atoms with Gasteiger partial charge in [0.25, 0.3) is 0 Å². The lowest BCUT2D eigenvalue weighted by atomic mass is 9.94. The minimum Gasteiger partial charge on any atom is -0.347 e. The zero-order valence-corrected chi connectivity index (χ0v) is 17.5. The van der Waals surface area contributed by atoms with Crippen molar-refractivity contribution in [1.29, 1.82) is 0 Å². The van der Waals surface area contributed by atoms with E-state index >= 15 is 0 Å². The molecule has 1 aliphatic heterocycles. The quantitative estimate of drug-likeness (QED) is 0.609. The number of ether oxygens (including phenoxy) is 2. The summed E-state index contributed by atoms with van der Waals surface area (Å²) in [6.45, 7) is 10.2. The van der Waals surface area contributed by atoms with Crippen LogP contribution in [-0.2, 0) is 19.5 Å². The molecule has 28 heavy (non-hydrogen) atoms. The van der Waals surface area contributed by atoms with Crippen LogP contribution in [-0.4, -0.2) is 43.8 Å². The molecule has 1 saturated carbocycles. The van der Waals surface area contributed by atoms with Crippen LogP contribution in [0.4, 0.5) is 0 Å². The highest BCUT2D eigenvalue weighted by Crippen LogP contribution is 2.40. The van der Waals surface area contributed by atoms with E-state index in [2.05, 4.69) is 13.2 Å². The molecule has 0 unspecified atom stereocenters. The van der Waals surface area contributed by atoms with Crippen LogP contribution >= 0.6 is 0 Å². The second kappa shape index (κ2) is 8.91. The second-order valence-corrected chi connectivity index (χ2v) is 9.60. The summed E-state index contributed by atoms with van der Waals surface area (Å²) in [6.07, 6.45) is 8.63. The Labute approximate surface area is 169 Å². The highest BCUT2D eigenvalue weighted by Gasteiger charge is 2.47. The number of rotatable bonds is 8. The number of sulfonamides is 1. The highest BCUT2D eigenvalue weighted by molar-refractivity contribution is 7.89. The van der Waals surface area contributed by atoms with Gasteiger partial charge in [0, 0.05) is 19.4 Å². The fourth-order valence-electron chi connectivity index (χ4n) is 4.13. The smallest absolute Gasteiger partial charge is 0.243 e. The molecular weight excluding hydrogens is 374 g/mol. The van der Waals surface area contributed by atoms with Crippen molar-refractivity contribution in [3.8, 4) is 0 Å². The van der Waals surface area contributed by atoms with Gasteiger partial charge in [-0.05, 0) is 38.3 Å². The number of hydrogen-bond acceptors (Lipinski definition) is 4. The first kappa shape index (κ1) is 21.2. The normalized spacial score (nSPS) is 23.0. The van der Waals surface area contributed by atoms with Gasteiger partial charge in [0.05, 0.1) is 17.5 Å². The van der Waals surface area contributed by atoms with Gasteiger partial charge in [-0.15, -0.1) is 13.2 Å². The monoisotopic (exact) mass is 405 g/mol. The molecule has 1 aliphatic carbocycles. The van der Waals surface area contributed by atoms with Crippen LogP contribution in [0.2, 0.25) is 0 Å². The SMILES string of the molecule is C=CC[C@@H]([C@H]1COC2(CCCCC2)O1)N(CC=C)S(=O)(=O)c1ccc(C)cc1. The van der Waals surface area contributed by atoms with Crippen LogP contribution in [0.5, 0.6) is 0 Å². The molecule has 0 bridgehead atoms. The first-order chi connectivity index (χ1) is 13.4. The summed E-state index contributed by atoms with van der Waals surface area (Å²) in [7, 11) is -3.70. The van der Waals surface area contributed by atoms with Crippen molar-refractivity contribution < 1.29 is 17.9 Å². The molecule has 0 amide bonds. The summed E-state index contributed by atoms with van der Waals surface area (Å²) < 4.78 is 40.8. The molecule has 1 heterocycles. The van der Waals surface area contributed by atoms with E-state index in [-0.39, 0.29) is 23.6 Å². The average molecular weight is 406 g/mol. The molecule has 0 N–H and O–H groups in total. The van der Waals surface area contributed by atoms with Gasteiger partial charge in [0.2, 0.25) is 10.0 Å². The van der Waals surface area contributed by atoms with Crippen LogP contribution in [0.15, 0.2) is 54.5 Å². The Kier molecular flexibility index (Phi) is 6.76. The lowest BCUT2D eigenvalue weighted by molar-refractivity contribution is -0.190. The summed E-state index contributed by atoms with van der Waals surface area (Å²) in [5, 5.41) is 0. The molecular formula is C22H31NO4S. The van der Waals surface area contributed by atoms with Crippen molar-refractivity contribution in [3.05, 3.63) is 55.1 Å². The molecule has 0 radical (unpaired) electrons. The van der Waals surface area contributed by atoms with Crippen molar-refractivity contribution >= 4 is 10.0 Å². The molecule has 1 aromatic rings. The molecule has 5 nitrogen and oxygen atoms in total. The third-order valence-electron chi connectivity index (χ3n) is 5.64. The molecule has 1 saturated heterocycles. The van der Waals surface area contributed by atoms with Crippen LogP contribution in [0.1, 0.15) is 44.1 Å². The predicted octanol–water partition coefficient (Wildman–Crippen LogP) is 4.19. The number of aryl methyl sites for hydroxylation is 1. The third kappa shape index (κ3) is 4.40. The van der Waals surface area contributed by atoms with Gasteiger partial charge in [-0.3, -0.25) is 0 Å².